The van der Waals surface area contributed by atoms with Gasteiger partial charge in [-0.2, -0.15) is 0 Å². The third-order valence-corrected chi connectivity index (χ3v) is 13.8. The molecule has 0 heterocycles. The van der Waals surface area contributed by atoms with Crippen LogP contribution in [0, 0.1) is 0 Å². The lowest BCUT2D eigenvalue weighted by Crippen LogP contribution is -2.65. The number of hydrogen-bond donors (Lipinski definition) is 8. The maximum absolute atomic E-state index is 13.1. The number of allylic oxidation sites excluding steroid dienone is 4. The van der Waals surface area contributed by atoms with Crippen LogP contribution in [-0.4, -0.2) is 108 Å². The molecule has 1 rings (SSSR count). The second kappa shape index (κ2) is 39.1. The van der Waals surface area contributed by atoms with Gasteiger partial charge in [0.05, 0.1) is 6.61 Å². The van der Waals surface area contributed by atoms with Crippen molar-refractivity contribution in [3.05, 3.63) is 24.3 Å². The summed E-state index contributed by atoms with van der Waals surface area (Å²) in [5.74, 6) is -1.31. The maximum atomic E-state index is 13.1. The molecule has 0 aliphatic heterocycles. The Kier molecular flexibility index (Phi) is 37.2. The fourth-order valence-corrected chi connectivity index (χ4v) is 9.96. The molecule has 406 valence electrons. The number of ether oxygens (including phenoxy) is 2. The number of aliphatic hydroxyl groups excluding tert-OH is 3. The molecule has 0 bridgehead atoms. The molecule has 22 heteroatoms. The molecule has 8 N–H and O–H groups in total. The third kappa shape index (κ3) is 35.4. The van der Waals surface area contributed by atoms with E-state index in [0.29, 0.717) is 12.8 Å². The van der Waals surface area contributed by atoms with Crippen molar-refractivity contribution < 1.29 is 90.6 Å². The molecule has 1 saturated carbocycles. The normalized spacial score (nSPS) is 21.5. The van der Waals surface area contributed by atoms with E-state index in [4.69, 9.17) is 18.5 Å². The second-order valence-electron chi connectivity index (χ2n) is 18.1. The molecule has 0 radical (unpaired) electrons. The second-order valence-corrected chi connectivity index (χ2v) is 21.9. The summed E-state index contributed by atoms with van der Waals surface area (Å²) in [4.78, 5) is 73.3. The molecule has 1 fully saturated rings. The van der Waals surface area contributed by atoms with Gasteiger partial charge in [-0.15, -0.1) is 0 Å². The number of esters is 2. The lowest BCUT2D eigenvalue weighted by Gasteiger charge is -2.44. The first-order valence-corrected chi connectivity index (χ1v) is 30.2. The van der Waals surface area contributed by atoms with Crippen molar-refractivity contribution in [2.45, 2.75) is 249 Å². The standard InChI is InChI=1S/C47H89O19P3/c1-3-5-7-9-11-13-15-17-19-20-22-24-26-28-30-32-34-36-41(49)63-39(37-61-40(48)35-33-31-29-27-25-23-21-18-16-14-12-10-8-6-4-2)38-62-69(59,60)66-45-42(50)43(51)46(64-67(53,54)55)47(44(45)52)65-68(56,57)58/h17-19,21,39,42-47,50-52H,3-16,20,22-38H2,1-2H3,(H,59,60)(H2,53,54,55)(H2,56,57,58)/b19-17-,21-18-/t39-,42?,43?,44?,45+,46?,47+/m1/s1. The first-order chi connectivity index (χ1) is 32.8. The number of phosphoric acid groups is 3. The monoisotopic (exact) mass is 1050 g/mol. The summed E-state index contributed by atoms with van der Waals surface area (Å²) >= 11 is 0. The van der Waals surface area contributed by atoms with E-state index in [1.54, 1.807) is 0 Å². The number of unbranched alkanes of at least 4 members (excludes halogenated alkanes) is 24. The largest absolute Gasteiger partial charge is 0.472 e. The third-order valence-electron chi connectivity index (χ3n) is 11.7. The molecule has 0 aromatic heterocycles. The topological polar surface area (TPSA) is 303 Å². The van der Waals surface area contributed by atoms with E-state index in [0.717, 1.165) is 89.9 Å². The van der Waals surface area contributed by atoms with Crippen molar-refractivity contribution in [1.82, 2.24) is 0 Å². The van der Waals surface area contributed by atoms with Gasteiger partial charge in [-0.3, -0.25) is 27.7 Å². The molecule has 0 amide bonds. The van der Waals surface area contributed by atoms with Gasteiger partial charge in [0, 0.05) is 12.8 Å². The highest BCUT2D eigenvalue weighted by atomic mass is 31.2. The fourth-order valence-electron chi connectivity index (χ4n) is 7.87. The van der Waals surface area contributed by atoms with Crippen LogP contribution in [0.1, 0.15) is 206 Å². The molecule has 1 aliphatic carbocycles. The van der Waals surface area contributed by atoms with E-state index in [9.17, 15) is 63.1 Å². The molecule has 0 aromatic carbocycles. The summed E-state index contributed by atoms with van der Waals surface area (Å²) in [7, 11) is -16.6. The fraction of sp³-hybridized carbons (Fsp3) is 0.872. The Labute approximate surface area is 411 Å². The minimum absolute atomic E-state index is 0.00674. The van der Waals surface area contributed by atoms with Crippen LogP contribution in [0.5, 0.6) is 0 Å². The van der Waals surface area contributed by atoms with Crippen LogP contribution in [0.3, 0.4) is 0 Å². The zero-order valence-electron chi connectivity index (χ0n) is 41.4. The van der Waals surface area contributed by atoms with Gasteiger partial charge in [0.1, 0.15) is 43.2 Å². The van der Waals surface area contributed by atoms with E-state index >= 15 is 0 Å². The number of rotatable bonds is 44. The number of carbonyl (C=O) groups is 2. The molecule has 0 aromatic rings. The van der Waals surface area contributed by atoms with Crippen molar-refractivity contribution in [2.24, 2.45) is 0 Å². The zero-order chi connectivity index (χ0) is 51.4. The first kappa shape index (κ1) is 65.6. The van der Waals surface area contributed by atoms with Gasteiger partial charge in [0.25, 0.3) is 0 Å². The summed E-state index contributed by atoms with van der Waals surface area (Å²) in [5.41, 5.74) is 0. The Morgan fingerprint density at radius 2 is 0.797 bits per heavy atom. The molecule has 0 spiro atoms. The van der Waals surface area contributed by atoms with Crippen LogP contribution < -0.4 is 0 Å². The smallest absolute Gasteiger partial charge is 0.462 e. The Morgan fingerprint density at radius 1 is 0.449 bits per heavy atom. The first-order valence-electron chi connectivity index (χ1n) is 25.6. The minimum Gasteiger partial charge on any atom is -0.462 e. The number of aliphatic hydroxyl groups is 3. The Morgan fingerprint density at radius 3 is 1.20 bits per heavy atom. The summed E-state index contributed by atoms with van der Waals surface area (Å²) < 4.78 is 65.6. The predicted molar refractivity (Wildman–Crippen MR) is 261 cm³/mol. The lowest BCUT2D eigenvalue weighted by molar-refractivity contribution is -0.213. The van der Waals surface area contributed by atoms with Crippen LogP contribution in [0.25, 0.3) is 0 Å². The maximum Gasteiger partial charge on any atom is 0.472 e. The van der Waals surface area contributed by atoms with Gasteiger partial charge in [-0.25, -0.2) is 13.7 Å². The quantitative estimate of drug-likeness (QED) is 0.0122. The molecule has 5 unspecified atom stereocenters. The van der Waals surface area contributed by atoms with Crippen LogP contribution in [-0.2, 0) is 50.9 Å². The van der Waals surface area contributed by atoms with E-state index in [1.165, 1.54) is 77.0 Å². The van der Waals surface area contributed by atoms with Crippen LogP contribution in [0.4, 0.5) is 0 Å². The molecular formula is C47H89O19P3. The minimum atomic E-state index is -5.60. The predicted octanol–water partition coefficient (Wildman–Crippen LogP) is 9.85. The van der Waals surface area contributed by atoms with Crippen LogP contribution in [0.2, 0.25) is 0 Å². The molecule has 0 saturated heterocycles. The summed E-state index contributed by atoms with van der Waals surface area (Å²) in [6.07, 6.45) is 23.2. The van der Waals surface area contributed by atoms with Crippen molar-refractivity contribution in [1.29, 1.82) is 0 Å². The lowest BCUT2D eigenvalue weighted by atomic mass is 9.85. The Bertz CT molecular complexity index is 1540. The van der Waals surface area contributed by atoms with Gasteiger partial charge in [-0.1, -0.05) is 154 Å². The SMILES string of the molecule is CCCCCCCC/C=C\CCCCCCCCCC(=O)O[C@H](COC(=O)CCCCCCC/C=C\CCCCCCCC)COP(=O)(O)O[C@H]1C(O)C(O)C(OP(=O)(O)O)[C@@H](OP(=O)(O)O)C1O. The van der Waals surface area contributed by atoms with Gasteiger partial charge in [-0.05, 0) is 64.2 Å². The highest BCUT2D eigenvalue weighted by Gasteiger charge is 2.56. The van der Waals surface area contributed by atoms with Crippen LogP contribution >= 0.6 is 23.5 Å². The van der Waals surface area contributed by atoms with Crippen molar-refractivity contribution in [3.8, 4) is 0 Å². The van der Waals surface area contributed by atoms with Crippen molar-refractivity contribution in [2.75, 3.05) is 13.2 Å². The van der Waals surface area contributed by atoms with E-state index in [1.807, 2.05) is 0 Å². The Balaban J connectivity index is 2.70. The summed E-state index contributed by atoms with van der Waals surface area (Å²) in [6.45, 7) is 2.95. The molecule has 1 aliphatic rings. The van der Waals surface area contributed by atoms with E-state index in [2.05, 4.69) is 47.2 Å². The number of carbonyl (C=O) groups excluding carboxylic acids is 2. The summed E-state index contributed by atoms with van der Waals surface area (Å²) in [5, 5.41) is 31.9. The van der Waals surface area contributed by atoms with Crippen molar-refractivity contribution >= 4 is 35.4 Å². The molecule has 8 atom stereocenters. The Hall–Kier alpha value is -1.37. The number of phosphoric ester groups is 3. The van der Waals surface area contributed by atoms with E-state index in [-0.39, 0.29) is 12.8 Å². The number of hydrogen-bond acceptors (Lipinski definition) is 14. The molecular weight excluding hydrogens is 961 g/mol. The van der Waals surface area contributed by atoms with E-state index < -0.39 is 91.3 Å². The molecule has 19 nitrogen and oxygen atoms in total. The van der Waals surface area contributed by atoms with Crippen LogP contribution in [0.15, 0.2) is 24.3 Å². The van der Waals surface area contributed by atoms with Crippen molar-refractivity contribution in [3.63, 3.8) is 0 Å². The average molecular weight is 1050 g/mol. The van der Waals surface area contributed by atoms with Gasteiger partial charge >= 0.3 is 35.4 Å². The average Bonchev–Trinajstić information content (AvgIpc) is 3.28. The highest BCUT2D eigenvalue weighted by molar-refractivity contribution is 7.47. The van der Waals surface area contributed by atoms with Gasteiger partial charge < -0.3 is 49.3 Å². The van der Waals surface area contributed by atoms with Gasteiger partial charge in [0.2, 0.25) is 0 Å². The summed E-state index contributed by atoms with van der Waals surface area (Å²) in [6, 6.07) is 0. The zero-order valence-corrected chi connectivity index (χ0v) is 44.1. The van der Waals surface area contributed by atoms with Gasteiger partial charge in [0.15, 0.2) is 6.10 Å². The highest BCUT2D eigenvalue weighted by Crippen LogP contribution is 2.51. The molecule has 69 heavy (non-hydrogen) atoms.